The molecule has 0 saturated carbocycles. The molecule has 1 amide bonds. The van der Waals surface area contributed by atoms with Crippen LogP contribution in [0.5, 0.6) is 0 Å². The molecule has 2 aliphatic heterocycles. The molecule has 1 N–H and O–H groups in total. The Bertz CT molecular complexity index is 462. The van der Waals surface area contributed by atoms with E-state index < -0.39 is 0 Å². The monoisotopic (exact) mass is 321 g/mol. The fourth-order valence-corrected chi connectivity index (χ4v) is 4.35. The van der Waals surface area contributed by atoms with Crippen molar-refractivity contribution in [2.45, 2.75) is 26.2 Å². The fraction of sp³-hybridized carbons (Fsp3) is 0.706. The minimum absolute atomic E-state index is 0.351. The molecule has 1 aromatic heterocycles. The Morgan fingerprint density at radius 2 is 2.23 bits per heavy atom. The third-order valence-electron chi connectivity index (χ3n) is 5.09. The molecule has 0 spiro atoms. The highest BCUT2D eigenvalue weighted by molar-refractivity contribution is 7.14. The van der Waals surface area contributed by atoms with E-state index in [2.05, 4.69) is 39.6 Å². The van der Waals surface area contributed by atoms with Gasteiger partial charge in [0.2, 0.25) is 5.91 Å². The molecule has 0 aliphatic carbocycles. The van der Waals surface area contributed by atoms with E-state index in [-0.39, 0.29) is 0 Å². The zero-order chi connectivity index (χ0) is 15.4. The Morgan fingerprint density at radius 1 is 1.41 bits per heavy atom. The van der Waals surface area contributed by atoms with E-state index in [1.165, 1.54) is 17.8 Å². The highest BCUT2D eigenvalue weighted by Crippen LogP contribution is 2.25. The Kier molecular flexibility index (Phi) is 5.37. The summed E-state index contributed by atoms with van der Waals surface area (Å²) < 4.78 is 0. The zero-order valence-corrected chi connectivity index (χ0v) is 14.3. The number of rotatable bonds is 4. The number of carbonyl (C=O) groups excluding carboxylic acids is 1. The maximum absolute atomic E-state index is 12.5. The van der Waals surface area contributed by atoms with Crippen LogP contribution in [0.25, 0.3) is 0 Å². The van der Waals surface area contributed by atoms with Gasteiger partial charge >= 0.3 is 0 Å². The lowest BCUT2D eigenvalue weighted by atomic mass is 9.85. The molecule has 3 heterocycles. The van der Waals surface area contributed by atoms with E-state index in [1.807, 2.05) is 0 Å². The van der Waals surface area contributed by atoms with Crippen molar-refractivity contribution in [1.29, 1.82) is 0 Å². The number of hydrogen-bond acceptors (Lipinski definition) is 4. The first-order valence-electron chi connectivity index (χ1n) is 8.51. The molecule has 0 aromatic carbocycles. The van der Waals surface area contributed by atoms with Gasteiger partial charge in [0.15, 0.2) is 0 Å². The van der Waals surface area contributed by atoms with Gasteiger partial charge in [0, 0.05) is 32.6 Å². The van der Waals surface area contributed by atoms with Crippen LogP contribution in [0, 0.1) is 11.8 Å². The van der Waals surface area contributed by atoms with Crippen molar-refractivity contribution in [2.75, 3.05) is 44.2 Å². The van der Waals surface area contributed by atoms with Crippen molar-refractivity contribution in [3.63, 3.8) is 0 Å². The number of carbonyl (C=O) groups is 1. The molecule has 0 radical (unpaired) electrons. The van der Waals surface area contributed by atoms with E-state index in [4.69, 9.17) is 0 Å². The van der Waals surface area contributed by atoms with E-state index in [1.54, 1.807) is 11.3 Å². The first-order valence-corrected chi connectivity index (χ1v) is 9.39. The van der Waals surface area contributed by atoms with E-state index in [9.17, 15) is 4.79 Å². The van der Waals surface area contributed by atoms with Crippen molar-refractivity contribution in [3.05, 3.63) is 17.5 Å². The fourth-order valence-electron chi connectivity index (χ4n) is 3.56. The Morgan fingerprint density at radius 3 is 2.86 bits per heavy atom. The summed E-state index contributed by atoms with van der Waals surface area (Å²) in [5, 5.41) is 6.90. The first-order chi connectivity index (χ1) is 10.7. The van der Waals surface area contributed by atoms with Gasteiger partial charge in [-0.05, 0) is 55.3 Å². The van der Waals surface area contributed by atoms with Crippen LogP contribution in [0.4, 0.5) is 5.00 Å². The molecule has 2 aliphatic rings. The topological polar surface area (TPSA) is 35.6 Å². The third-order valence-corrected chi connectivity index (χ3v) is 6.02. The number of piperidine rings is 1. The lowest BCUT2D eigenvalue weighted by Crippen LogP contribution is -2.49. The largest absolute Gasteiger partial charge is 0.360 e. The Labute approximate surface area is 137 Å². The number of hydrogen-bond donors (Lipinski definition) is 1. The normalized spacial score (nSPS) is 24.3. The predicted molar refractivity (Wildman–Crippen MR) is 92.5 cm³/mol. The maximum Gasteiger partial charge on any atom is 0.222 e. The SMILES string of the molecule is CC(CC(=O)N1CCN(c2cccs2)CC1)C1CCCNC1. The number of piperazine rings is 1. The zero-order valence-electron chi connectivity index (χ0n) is 13.5. The molecule has 3 rings (SSSR count). The molecule has 2 atom stereocenters. The molecule has 5 heteroatoms. The predicted octanol–water partition coefficient (Wildman–Crippen LogP) is 2.42. The second kappa shape index (κ2) is 7.47. The summed E-state index contributed by atoms with van der Waals surface area (Å²) in [7, 11) is 0. The van der Waals surface area contributed by atoms with Gasteiger partial charge in [-0.3, -0.25) is 4.79 Å². The van der Waals surface area contributed by atoms with Gasteiger partial charge in [0.1, 0.15) is 0 Å². The standard InChI is InChI=1S/C17H27N3OS/c1-14(15-4-2-6-18-13-15)12-16(21)19-7-9-20(10-8-19)17-5-3-11-22-17/h3,5,11,14-15,18H,2,4,6-10,12-13H2,1H3. The summed E-state index contributed by atoms with van der Waals surface area (Å²) in [5.74, 6) is 1.52. The second-order valence-corrected chi connectivity index (χ2v) is 7.53. The third kappa shape index (κ3) is 3.82. The van der Waals surface area contributed by atoms with Crippen LogP contribution in [-0.4, -0.2) is 50.1 Å². The molecule has 0 bridgehead atoms. The van der Waals surface area contributed by atoms with Gasteiger partial charge in [-0.15, -0.1) is 11.3 Å². The molecule has 4 nitrogen and oxygen atoms in total. The number of thiophene rings is 1. The highest BCUT2D eigenvalue weighted by Gasteiger charge is 2.26. The number of amides is 1. The van der Waals surface area contributed by atoms with Crippen LogP contribution in [0.1, 0.15) is 26.2 Å². The van der Waals surface area contributed by atoms with Crippen LogP contribution in [0.3, 0.4) is 0 Å². The number of anilines is 1. The van der Waals surface area contributed by atoms with Crippen molar-refractivity contribution in [1.82, 2.24) is 10.2 Å². The van der Waals surface area contributed by atoms with Crippen LogP contribution >= 0.6 is 11.3 Å². The van der Waals surface area contributed by atoms with Gasteiger partial charge in [-0.1, -0.05) is 6.92 Å². The average molecular weight is 321 g/mol. The van der Waals surface area contributed by atoms with Gasteiger partial charge in [0.05, 0.1) is 5.00 Å². The average Bonchev–Trinajstić information content (AvgIpc) is 3.10. The maximum atomic E-state index is 12.5. The molecular formula is C17H27N3OS. The Balaban J connectivity index is 1.45. The summed E-state index contributed by atoms with van der Waals surface area (Å²) in [6, 6.07) is 4.26. The van der Waals surface area contributed by atoms with E-state index in [0.29, 0.717) is 24.2 Å². The molecule has 122 valence electrons. The van der Waals surface area contributed by atoms with Gasteiger partial charge in [0.25, 0.3) is 0 Å². The lowest BCUT2D eigenvalue weighted by molar-refractivity contribution is -0.132. The van der Waals surface area contributed by atoms with Gasteiger partial charge in [-0.2, -0.15) is 0 Å². The quantitative estimate of drug-likeness (QED) is 0.925. The molecular weight excluding hydrogens is 294 g/mol. The van der Waals surface area contributed by atoms with Crippen molar-refractivity contribution in [2.24, 2.45) is 11.8 Å². The molecule has 2 fully saturated rings. The molecule has 2 unspecified atom stereocenters. The molecule has 1 aromatic rings. The van der Waals surface area contributed by atoms with Crippen LogP contribution in [-0.2, 0) is 4.79 Å². The first kappa shape index (κ1) is 15.8. The van der Waals surface area contributed by atoms with Crippen LogP contribution < -0.4 is 10.2 Å². The Hall–Kier alpha value is -1.07. The lowest BCUT2D eigenvalue weighted by Gasteiger charge is -2.36. The van der Waals surface area contributed by atoms with Crippen molar-refractivity contribution in [3.8, 4) is 0 Å². The minimum Gasteiger partial charge on any atom is -0.360 e. The molecule has 2 saturated heterocycles. The number of nitrogens with one attached hydrogen (secondary N) is 1. The smallest absolute Gasteiger partial charge is 0.222 e. The van der Waals surface area contributed by atoms with E-state index in [0.717, 1.165) is 39.3 Å². The van der Waals surface area contributed by atoms with Crippen molar-refractivity contribution < 1.29 is 4.79 Å². The summed E-state index contributed by atoms with van der Waals surface area (Å²) in [6.07, 6.45) is 3.24. The van der Waals surface area contributed by atoms with E-state index >= 15 is 0 Å². The van der Waals surface area contributed by atoms with Gasteiger partial charge in [-0.25, -0.2) is 0 Å². The van der Waals surface area contributed by atoms with Crippen LogP contribution in [0.15, 0.2) is 17.5 Å². The van der Waals surface area contributed by atoms with Crippen molar-refractivity contribution >= 4 is 22.2 Å². The summed E-state index contributed by atoms with van der Waals surface area (Å²) in [4.78, 5) is 17.0. The summed E-state index contributed by atoms with van der Waals surface area (Å²) in [5.41, 5.74) is 0. The van der Waals surface area contributed by atoms with Crippen LogP contribution in [0.2, 0.25) is 0 Å². The second-order valence-electron chi connectivity index (χ2n) is 6.61. The molecule has 22 heavy (non-hydrogen) atoms. The highest BCUT2D eigenvalue weighted by atomic mass is 32.1. The minimum atomic E-state index is 0.351. The number of nitrogens with zero attached hydrogens (tertiary/aromatic N) is 2. The summed E-state index contributed by atoms with van der Waals surface area (Å²) >= 11 is 1.78. The van der Waals surface area contributed by atoms with Gasteiger partial charge < -0.3 is 15.1 Å². The summed E-state index contributed by atoms with van der Waals surface area (Å²) in [6.45, 7) is 8.13.